The SMILES string of the molecule is CC(C)(N)C(C)(C)C(=O)Nc1cc(C(=O)O)ccc1Br. The molecular formula is C14H19BrN2O3. The van der Waals surface area contributed by atoms with Gasteiger partial charge in [0.15, 0.2) is 0 Å². The van der Waals surface area contributed by atoms with E-state index in [0.717, 1.165) is 0 Å². The average molecular weight is 343 g/mol. The van der Waals surface area contributed by atoms with E-state index in [1.807, 2.05) is 0 Å². The second-order valence-corrected chi connectivity index (χ2v) is 6.65. The Kier molecular flexibility index (Phi) is 4.61. The van der Waals surface area contributed by atoms with Crippen LogP contribution in [-0.4, -0.2) is 22.5 Å². The van der Waals surface area contributed by atoms with Gasteiger partial charge in [0.1, 0.15) is 0 Å². The zero-order valence-electron chi connectivity index (χ0n) is 12.0. The van der Waals surface area contributed by atoms with Crippen LogP contribution in [0.3, 0.4) is 0 Å². The maximum Gasteiger partial charge on any atom is 0.335 e. The number of aromatic carboxylic acids is 1. The van der Waals surface area contributed by atoms with Crippen LogP contribution in [0.5, 0.6) is 0 Å². The van der Waals surface area contributed by atoms with Crippen molar-refractivity contribution >= 4 is 33.5 Å². The van der Waals surface area contributed by atoms with Crippen LogP contribution in [0, 0.1) is 5.41 Å². The van der Waals surface area contributed by atoms with Gasteiger partial charge in [0.25, 0.3) is 0 Å². The lowest BCUT2D eigenvalue weighted by molar-refractivity contribution is -0.126. The molecule has 1 rings (SSSR count). The highest BCUT2D eigenvalue weighted by molar-refractivity contribution is 9.10. The summed E-state index contributed by atoms with van der Waals surface area (Å²) in [6.45, 7) is 7.04. The van der Waals surface area contributed by atoms with Crippen molar-refractivity contribution < 1.29 is 14.7 Å². The first-order valence-corrected chi connectivity index (χ1v) is 6.89. The van der Waals surface area contributed by atoms with E-state index in [1.54, 1.807) is 33.8 Å². The Morgan fingerprint density at radius 2 is 1.80 bits per heavy atom. The molecule has 0 saturated carbocycles. The highest BCUT2D eigenvalue weighted by Gasteiger charge is 2.40. The molecule has 0 aromatic heterocycles. The van der Waals surface area contributed by atoms with E-state index in [2.05, 4.69) is 21.2 Å². The number of carbonyl (C=O) groups excluding carboxylic acids is 1. The Balaban J connectivity index is 3.08. The van der Waals surface area contributed by atoms with Crippen molar-refractivity contribution in [2.24, 2.45) is 11.1 Å². The molecule has 1 aromatic carbocycles. The van der Waals surface area contributed by atoms with E-state index in [0.29, 0.717) is 10.2 Å². The number of anilines is 1. The van der Waals surface area contributed by atoms with Crippen molar-refractivity contribution in [1.29, 1.82) is 0 Å². The largest absolute Gasteiger partial charge is 0.478 e. The Bertz CT molecular complexity index is 548. The topological polar surface area (TPSA) is 92.4 Å². The van der Waals surface area contributed by atoms with E-state index in [1.165, 1.54) is 12.1 Å². The molecule has 6 heteroatoms. The minimum Gasteiger partial charge on any atom is -0.478 e. The fraction of sp³-hybridized carbons (Fsp3) is 0.429. The van der Waals surface area contributed by atoms with Crippen LogP contribution < -0.4 is 11.1 Å². The molecule has 1 amide bonds. The molecule has 0 bridgehead atoms. The number of benzene rings is 1. The van der Waals surface area contributed by atoms with Crippen LogP contribution in [-0.2, 0) is 4.79 Å². The Morgan fingerprint density at radius 1 is 1.25 bits per heavy atom. The maximum absolute atomic E-state index is 12.4. The summed E-state index contributed by atoms with van der Waals surface area (Å²) in [4.78, 5) is 23.3. The molecule has 0 aliphatic heterocycles. The number of nitrogens with one attached hydrogen (secondary N) is 1. The molecule has 0 spiro atoms. The summed E-state index contributed by atoms with van der Waals surface area (Å²) in [5.74, 6) is -1.32. The summed E-state index contributed by atoms with van der Waals surface area (Å²) < 4.78 is 0.612. The Morgan fingerprint density at radius 3 is 2.25 bits per heavy atom. The fourth-order valence-electron chi connectivity index (χ4n) is 1.33. The molecule has 0 heterocycles. The van der Waals surface area contributed by atoms with Crippen molar-refractivity contribution in [2.75, 3.05) is 5.32 Å². The number of nitrogens with two attached hydrogens (primary N) is 1. The molecule has 5 nitrogen and oxygen atoms in total. The summed E-state index contributed by atoms with van der Waals surface area (Å²) in [6.07, 6.45) is 0. The minimum absolute atomic E-state index is 0.105. The van der Waals surface area contributed by atoms with E-state index in [-0.39, 0.29) is 11.5 Å². The van der Waals surface area contributed by atoms with Gasteiger partial charge in [0.2, 0.25) is 5.91 Å². The van der Waals surface area contributed by atoms with Crippen molar-refractivity contribution in [2.45, 2.75) is 33.2 Å². The first-order chi connectivity index (χ1) is 8.96. The number of carboxylic acids is 1. The van der Waals surface area contributed by atoms with Crippen LogP contribution in [0.15, 0.2) is 22.7 Å². The molecule has 1 aromatic rings. The van der Waals surface area contributed by atoms with Crippen molar-refractivity contribution in [3.8, 4) is 0 Å². The fourth-order valence-corrected chi connectivity index (χ4v) is 1.67. The van der Waals surface area contributed by atoms with Gasteiger partial charge in [-0.05, 0) is 61.8 Å². The van der Waals surface area contributed by atoms with E-state index < -0.39 is 16.9 Å². The van der Waals surface area contributed by atoms with Gasteiger partial charge >= 0.3 is 5.97 Å². The lowest BCUT2D eigenvalue weighted by atomic mass is 9.74. The number of hydrogen-bond acceptors (Lipinski definition) is 3. The summed E-state index contributed by atoms with van der Waals surface area (Å²) in [7, 11) is 0. The number of rotatable bonds is 4. The van der Waals surface area contributed by atoms with Crippen LogP contribution in [0.1, 0.15) is 38.1 Å². The van der Waals surface area contributed by atoms with Gasteiger partial charge in [-0.2, -0.15) is 0 Å². The lowest BCUT2D eigenvalue weighted by Gasteiger charge is -2.37. The van der Waals surface area contributed by atoms with Crippen molar-refractivity contribution in [3.05, 3.63) is 28.2 Å². The lowest BCUT2D eigenvalue weighted by Crippen LogP contribution is -2.53. The number of carbonyl (C=O) groups is 2. The van der Waals surface area contributed by atoms with Crippen LogP contribution >= 0.6 is 15.9 Å². The highest BCUT2D eigenvalue weighted by atomic mass is 79.9. The van der Waals surface area contributed by atoms with E-state index >= 15 is 0 Å². The summed E-state index contributed by atoms with van der Waals surface area (Å²) in [5, 5.41) is 11.7. The number of halogens is 1. The molecule has 110 valence electrons. The van der Waals surface area contributed by atoms with Gasteiger partial charge in [-0.3, -0.25) is 4.79 Å². The molecule has 0 unspecified atom stereocenters. The number of amides is 1. The molecule has 4 N–H and O–H groups in total. The first kappa shape index (κ1) is 16.7. The zero-order valence-corrected chi connectivity index (χ0v) is 13.5. The normalized spacial score (nSPS) is 12.1. The molecule has 0 aliphatic rings. The standard InChI is InChI=1S/C14H19BrN2O3/c1-13(2,14(3,4)16)12(20)17-10-7-8(11(18)19)5-6-9(10)15/h5-7H,16H2,1-4H3,(H,17,20)(H,18,19). The van der Waals surface area contributed by atoms with Crippen LogP contribution in [0.4, 0.5) is 5.69 Å². The van der Waals surface area contributed by atoms with Gasteiger partial charge in [-0.15, -0.1) is 0 Å². The van der Waals surface area contributed by atoms with Crippen molar-refractivity contribution in [3.63, 3.8) is 0 Å². The smallest absolute Gasteiger partial charge is 0.335 e. The third-order valence-electron chi connectivity index (χ3n) is 3.64. The van der Waals surface area contributed by atoms with E-state index in [9.17, 15) is 9.59 Å². The van der Waals surface area contributed by atoms with Gasteiger partial charge in [-0.1, -0.05) is 0 Å². The minimum atomic E-state index is -1.05. The number of carboxylic acid groups (broad SMARTS) is 1. The highest BCUT2D eigenvalue weighted by Crippen LogP contribution is 2.31. The monoisotopic (exact) mass is 342 g/mol. The molecule has 0 atom stereocenters. The quantitative estimate of drug-likeness (QED) is 0.784. The van der Waals surface area contributed by atoms with Gasteiger partial charge < -0.3 is 16.2 Å². The van der Waals surface area contributed by atoms with Gasteiger partial charge in [0.05, 0.1) is 16.7 Å². The molecular weight excluding hydrogens is 324 g/mol. The third-order valence-corrected chi connectivity index (χ3v) is 4.33. The zero-order chi connectivity index (χ0) is 15.7. The summed E-state index contributed by atoms with van der Waals surface area (Å²) >= 11 is 3.29. The average Bonchev–Trinajstić information content (AvgIpc) is 2.29. The second-order valence-electron chi connectivity index (χ2n) is 5.80. The van der Waals surface area contributed by atoms with Gasteiger partial charge in [-0.25, -0.2) is 4.79 Å². The predicted octanol–water partition coefficient (Wildman–Crippen LogP) is 2.85. The maximum atomic E-state index is 12.4. The molecule has 0 fully saturated rings. The second kappa shape index (κ2) is 5.54. The Hall–Kier alpha value is -1.40. The molecule has 0 radical (unpaired) electrons. The van der Waals surface area contributed by atoms with Crippen molar-refractivity contribution in [1.82, 2.24) is 0 Å². The predicted molar refractivity (Wildman–Crippen MR) is 81.8 cm³/mol. The number of hydrogen-bond donors (Lipinski definition) is 3. The first-order valence-electron chi connectivity index (χ1n) is 6.10. The Labute approximate surface area is 126 Å². The molecule has 0 aliphatic carbocycles. The van der Waals surface area contributed by atoms with Crippen LogP contribution in [0.2, 0.25) is 0 Å². The summed E-state index contributed by atoms with van der Waals surface area (Å²) in [6, 6.07) is 4.45. The van der Waals surface area contributed by atoms with E-state index in [4.69, 9.17) is 10.8 Å². The van der Waals surface area contributed by atoms with Gasteiger partial charge in [0, 0.05) is 10.0 Å². The third kappa shape index (κ3) is 3.37. The summed E-state index contributed by atoms with van der Waals surface area (Å²) in [5.41, 5.74) is 5.00. The van der Waals surface area contributed by atoms with Crippen LogP contribution in [0.25, 0.3) is 0 Å². The molecule has 0 saturated heterocycles. The molecule has 20 heavy (non-hydrogen) atoms.